The Morgan fingerprint density at radius 3 is 2.64 bits per heavy atom. The fourth-order valence-corrected chi connectivity index (χ4v) is 2.80. The van der Waals surface area contributed by atoms with Crippen molar-refractivity contribution in [1.82, 2.24) is 15.1 Å². The van der Waals surface area contributed by atoms with Gasteiger partial charge in [0.2, 0.25) is 0 Å². The molecule has 0 radical (unpaired) electrons. The van der Waals surface area contributed by atoms with Gasteiger partial charge in [0.25, 0.3) is 5.91 Å². The second kappa shape index (κ2) is 8.36. The number of amides is 1. The molecule has 25 heavy (non-hydrogen) atoms. The van der Waals surface area contributed by atoms with Gasteiger partial charge in [-0.1, -0.05) is 37.0 Å². The Labute approximate surface area is 156 Å². The molecule has 1 amide bonds. The number of carbonyl (C=O) groups excluding carboxylic acids is 2. The second-order valence-corrected chi connectivity index (χ2v) is 6.79. The van der Waals surface area contributed by atoms with Gasteiger partial charge < -0.3 is 10.1 Å². The number of hydrogen-bond donors (Lipinski definition) is 1. The second-order valence-electron chi connectivity index (χ2n) is 5.95. The maximum Gasteiger partial charge on any atom is 0.328 e. The molecule has 0 aliphatic heterocycles. The monoisotopic (exact) mass is 383 g/mol. The molecule has 1 N–H and O–H groups in total. The van der Waals surface area contributed by atoms with Crippen LogP contribution < -0.4 is 5.32 Å². The number of halogens is 2. The standard InChI is InChI=1S/C17H19Cl2N3O3/c1-10(2)6-14(17(24)25-3)21-16(23)11-8-20-22(9-11)15-5-4-12(18)7-13(15)19/h4-5,7-10,14H,6H2,1-3H3,(H,21,23). The van der Waals surface area contributed by atoms with Gasteiger partial charge in [-0.3, -0.25) is 4.79 Å². The molecule has 1 aromatic heterocycles. The zero-order chi connectivity index (χ0) is 18.6. The summed E-state index contributed by atoms with van der Waals surface area (Å²) in [5.41, 5.74) is 0.903. The quantitative estimate of drug-likeness (QED) is 0.774. The molecule has 2 rings (SSSR count). The number of nitrogens with one attached hydrogen (secondary N) is 1. The highest BCUT2D eigenvalue weighted by molar-refractivity contribution is 6.35. The Balaban J connectivity index is 2.17. The van der Waals surface area contributed by atoms with E-state index < -0.39 is 17.9 Å². The van der Waals surface area contributed by atoms with Crippen molar-refractivity contribution in [2.45, 2.75) is 26.3 Å². The van der Waals surface area contributed by atoms with Gasteiger partial charge in [0.15, 0.2) is 0 Å². The van der Waals surface area contributed by atoms with Crippen molar-refractivity contribution in [2.24, 2.45) is 5.92 Å². The number of aromatic nitrogens is 2. The van der Waals surface area contributed by atoms with Crippen LogP contribution in [0, 0.1) is 5.92 Å². The molecule has 1 unspecified atom stereocenters. The predicted octanol–water partition coefficient (Wildman–Crippen LogP) is 3.50. The van der Waals surface area contributed by atoms with Gasteiger partial charge in [-0.05, 0) is 30.5 Å². The zero-order valence-electron chi connectivity index (χ0n) is 14.1. The molecule has 8 heteroatoms. The minimum atomic E-state index is -0.708. The van der Waals surface area contributed by atoms with Crippen LogP contribution in [-0.4, -0.2) is 34.8 Å². The maximum atomic E-state index is 12.4. The topological polar surface area (TPSA) is 73.2 Å². The number of hydrogen-bond acceptors (Lipinski definition) is 4. The first kappa shape index (κ1) is 19.3. The lowest BCUT2D eigenvalue weighted by Gasteiger charge is -2.17. The first-order valence-corrected chi connectivity index (χ1v) is 8.46. The molecule has 1 aromatic carbocycles. The molecule has 6 nitrogen and oxygen atoms in total. The van der Waals surface area contributed by atoms with E-state index in [2.05, 4.69) is 10.4 Å². The molecule has 1 atom stereocenters. The number of benzene rings is 1. The smallest absolute Gasteiger partial charge is 0.328 e. The molecular formula is C17H19Cl2N3O3. The highest BCUT2D eigenvalue weighted by Gasteiger charge is 2.24. The van der Waals surface area contributed by atoms with Gasteiger partial charge >= 0.3 is 5.97 Å². The molecule has 0 aliphatic rings. The summed E-state index contributed by atoms with van der Waals surface area (Å²) in [7, 11) is 1.29. The third-order valence-electron chi connectivity index (χ3n) is 3.50. The van der Waals surface area contributed by atoms with Gasteiger partial charge in [-0.2, -0.15) is 5.10 Å². The van der Waals surface area contributed by atoms with E-state index >= 15 is 0 Å². The Morgan fingerprint density at radius 1 is 1.32 bits per heavy atom. The van der Waals surface area contributed by atoms with E-state index in [1.807, 2.05) is 13.8 Å². The largest absolute Gasteiger partial charge is 0.467 e. The van der Waals surface area contributed by atoms with Gasteiger partial charge in [-0.15, -0.1) is 0 Å². The molecule has 0 bridgehead atoms. The first-order valence-electron chi connectivity index (χ1n) is 7.70. The molecule has 0 fully saturated rings. The van der Waals surface area contributed by atoms with E-state index in [1.165, 1.54) is 24.2 Å². The van der Waals surface area contributed by atoms with E-state index in [9.17, 15) is 9.59 Å². The molecule has 0 saturated carbocycles. The summed E-state index contributed by atoms with van der Waals surface area (Å²) in [6.07, 6.45) is 3.42. The van der Waals surface area contributed by atoms with Crippen LogP contribution >= 0.6 is 23.2 Å². The minimum absolute atomic E-state index is 0.222. The van der Waals surface area contributed by atoms with E-state index in [4.69, 9.17) is 27.9 Å². The Morgan fingerprint density at radius 2 is 2.04 bits per heavy atom. The molecule has 0 aliphatic carbocycles. The summed E-state index contributed by atoms with van der Waals surface area (Å²) in [5.74, 6) is -0.664. The number of ether oxygens (including phenoxy) is 1. The van der Waals surface area contributed by atoms with Crippen LogP contribution in [0.2, 0.25) is 10.0 Å². The van der Waals surface area contributed by atoms with Crippen molar-refractivity contribution >= 4 is 35.1 Å². The van der Waals surface area contributed by atoms with Gasteiger partial charge in [0, 0.05) is 11.2 Å². The lowest BCUT2D eigenvalue weighted by atomic mass is 10.0. The molecular weight excluding hydrogens is 365 g/mol. The summed E-state index contributed by atoms with van der Waals surface area (Å²) in [6, 6.07) is 4.27. The molecule has 134 valence electrons. The van der Waals surface area contributed by atoms with Crippen molar-refractivity contribution < 1.29 is 14.3 Å². The summed E-state index contributed by atoms with van der Waals surface area (Å²) < 4.78 is 6.22. The summed E-state index contributed by atoms with van der Waals surface area (Å²) in [4.78, 5) is 24.2. The molecule has 2 aromatic rings. The number of carbonyl (C=O) groups is 2. The average molecular weight is 384 g/mol. The first-order chi connectivity index (χ1) is 11.8. The Kier molecular flexibility index (Phi) is 6.45. The third-order valence-corrected chi connectivity index (χ3v) is 4.04. The van der Waals surface area contributed by atoms with E-state index in [0.29, 0.717) is 27.7 Å². The van der Waals surface area contributed by atoms with Crippen LogP contribution in [0.1, 0.15) is 30.6 Å². The van der Waals surface area contributed by atoms with Gasteiger partial charge in [0.05, 0.1) is 29.6 Å². The molecule has 1 heterocycles. The van der Waals surface area contributed by atoms with E-state index in [1.54, 1.807) is 18.2 Å². The minimum Gasteiger partial charge on any atom is -0.467 e. The van der Waals surface area contributed by atoms with Gasteiger partial charge in [0.1, 0.15) is 6.04 Å². The predicted molar refractivity (Wildman–Crippen MR) is 96.3 cm³/mol. The Bertz CT molecular complexity index is 774. The van der Waals surface area contributed by atoms with Crippen LogP contribution in [0.3, 0.4) is 0 Å². The number of esters is 1. The average Bonchev–Trinajstić information content (AvgIpc) is 3.02. The van der Waals surface area contributed by atoms with Crippen LogP contribution in [0.25, 0.3) is 5.69 Å². The fourth-order valence-electron chi connectivity index (χ4n) is 2.31. The fraction of sp³-hybridized carbons (Fsp3) is 0.353. The number of nitrogens with zero attached hydrogens (tertiary/aromatic N) is 2. The van der Waals surface area contributed by atoms with Crippen molar-refractivity contribution in [3.8, 4) is 5.69 Å². The summed E-state index contributed by atoms with van der Waals surface area (Å²) in [5, 5.41) is 7.75. The third kappa shape index (κ3) is 4.96. The van der Waals surface area contributed by atoms with Crippen LogP contribution in [0.15, 0.2) is 30.6 Å². The van der Waals surface area contributed by atoms with Crippen LogP contribution in [0.5, 0.6) is 0 Å². The highest BCUT2D eigenvalue weighted by Crippen LogP contribution is 2.24. The summed E-state index contributed by atoms with van der Waals surface area (Å²) in [6.45, 7) is 3.92. The van der Waals surface area contributed by atoms with Crippen molar-refractivity contribution in [1.29, 1.82) is 0 Å². The highest BCUT2D eigenvalue weighted by atomic mass is 35.5. The molecule has 0 saturated heterocycles. The SMILES string of the molecule is COC(=O)C(CC(C)C)NC(=O)c1cnn(-c2ccc(Cl)cc2Cl)c1. The van der Waals surface area contributed by atoms with Crippen molar-refractivity contribution in [3.05, 3.63) is 46.2 Å². The lowest BCUT2D eigenvalue weighted by Crippen LogP contribution is -2.42. The lowest BCUT2D eigenvalue weighted by molar-refractivity contribution is -0.143. The zero-order valence-corrected chi connectivity index (χ0v) is 15.6. The Hall–Kier alpha value is -2.05. The number of rotatable bonds is 6. The molecule has 0 spiro atoms. The normalized spacial score (nSPS) is 12.1. The maximum absolute atomic E-state index is 12.4. The van der Waals surface area contributed by atoms with Crippen molar-refractivity contribution in [2.75, 3.05) is 7.11 Å². The van der Waals surface area contributed by atoms with Crippen LogP contribution in [0.4, 0.5) is 0 Å². The number of methoxy groups -OCH3 is 1. The van der Waals surface area contributed by atoms with Crippen molar-refractivity contribution in [3.63, 3.8) is 0 Å². The summed E-state index contributed by atoms with van der Waals surface area (Å²) >= 11 is 12.0. The van der Waals surface area contributed by atoms with E-state index in [0.717, 1.165) is 0 Å². The van der Waals surface area contributed by atoms with Crippen LogP contribution in [-0.2, 0) is 9.53 Å². The van der Waals surface area contributed by atoms with E-state index in [-0.39, 0.29) is 5.92 Å². The van der Waals surface area contributed by atoms with Gasteiger partial charge in [-0.25, -0.2) is 9.48 Å².